The number of rotatable bonds is 5. The van der Waals surface area contributed by atoms with Crippen molar-refractivity contribution in [1.82, 2.24) is 4.98 Å². The Hall–Kier alpha value is -1.35. The second-order valence-corrected chi connectivity index (χ2v) is 5.80. The van der Waals surface area contributed by atoms with Gasteiger partial charge in [0.05, 0.1) is 11.3 Å². The van der Waals surface area contributed by atoms with E-state index in [0.717, 1.165) is 17.3 Å². The smallest absolute Gasteiger partial charge is 0.174 e. The lowest BCUT2D eigenvalue weighted by molar-refractivity contribution is 0.102. The number of ketones is 1. The Balaban J connectivity index is 2.13. The molecule has 0 spiro atoms. The molecule has 0 bridgehead atoms. The van der Waals surface area contributed by atoms with Gasteiger partial charge in [-0.15, -0.1) is 0 Å². The number of para-hydroxylation sites is 1. The Morgan fingerprint density at radius 2 is 2.17 bits per heavy atom. The van der Waals surface area contributed by atoms with Crippen LogP contribution in [0.25, 0.3) is 10.9 Å². The number of thioether (sulfide) groups is 1. The molecule has 3 heteroatoms. The van der Waals surface area contributed by atoms with Gasteiger partial charge in [-0.2, -0.15) is 11.8 Å². The number of nitrogens with zero attached hydrogens (tertiary/aromatic N) is 1. The van der Waals surface area contributed by atoms with E-state index < -0.39 is 0 Å². The Morgan fingerprint density at radius 3 is 2.94 bits per heavy atom. The molecule has 18 heavy (non-hydrogen) atoms. The van der Waals surface area contributed by atoms with Gasteiger partial charge >= 0.3 is 0 Å². The minimum atomic E-state index is 0.165. The Labute approximate surface area is 112 Å². The molecule has 0 fully saturated rings. The van der Waals surface area contributed by atoms with Crippen molar-refractivity contribution in [3.63, 3.8) is 0 Å². The molecule has 2 nitrogen and oxygen atoms in total. The van der Waals surface area contributed by atoms with Crippen molar-refractivity contribution in [3.05, 3.63) is 42.1 Å². The summed E-state index contributed by atoms with van der Waals surface area (Å²) < 4.78 is 0. The maximum absolute atomic E-state index is 12.0. The quantitative estimate of drug-likeness (QED) is 0.762. The average molecular weight is 259 g/mol. The molecule has 1 heterocycles. The van der Waals surface area contributed by atoms with Crippen LogP contribution in [0, 0.1) is 0 Å². The van der Waals surface area contributed by atoms with Gasteiger partial charge in [0.25, 0.3) is 0 Å². The molecule has 1 atom stereocenters. The number of hydrogen-bond acceptors (Lipinski definition) is 3. The molecule has 0 saturated carbocycles. The van der Waals surface area contributed by atoms with Gasteiger partial charge in [-0.25, -0.2) is 0 Å². The van der Waals surface area contributed by atoms with E-state index in [2.05, 4.69) is 18.8 Å². The van der Waals surface area contributed by atoms with Crippen LogP contribution in [0.5, 0.6) is 0 Å². The number of hydrogen-bond donors (Lipinski definition) is 0. The first-order chi connectivity index (χ1) is 8.70. The largest absolute Gasteiger partial charge is 0.293 e. The normalized spacial score (nSPS) is 12.6. The predicted octanol–water partition coefficient (Wildman–Crippen LogP) is 3.95. The molecule has 1 aromatic carbocycles. The Kier molecular flexibility index (Phi) is 4.37. The zero-order chi connectivity index (χ0) is 13.0. The Morgan fingerprint density at radius 1 is 1.39 bits per heavy atom. The summed E-state index contributed by atoms with van der Waals surface area (Å²) in [5.74, 6) is 0.702. The van der Waals surface area contributed by atoms with Crippen molar-refractivity contribution in [2.45, 2.75) is 25.5 Å². The molecule has 2 aromatic rings. The summed E-state index contributed by atoms with van der Waals surface area (Å²) >= 11 is 1.71. The molecule has 1 unspecified atom stereocenters. The fourth-order valence-electron chi connectivity index (χ4n) is 1.64. The van der Waals surface area contributed by atoms with Gasteiger partial charge in [-0.3, -0.25) is 9.78 Å². The molecule has 94 valence electrons. The fraction of sp³-hybridized carbons (Fsp3) is 0.333. The number of carbonyl (C=O) groups is 1. The lowest BCUT2D eigenvalue weighted by Crippen LogP contribution is -2.06. The summed E-state index contributed by atoms with van der Waals surface area (Å²) in [5.41, 5.74) is 1.65. The highest BCUT2D eigenvalue weighted by Crippen LogP contribution is 2.17. The van der Waals surface area contributed by atoms with Crippen LogP contribution >= 0.6 is 11.8 Å². The summed E-state index contributed by atoms with van der Waals surface area (Å²) in [7, 11) is 0. The van der Waals surface area contributed by atoms with Gasteiger partial charge in [-0.05, 0) is 18.6 Å². The standard InChI is InChI=1S/C15H17NOS/c1-3-11(2)18-10-15(17)13-8-12-6-4-5-7-14(12)16-9-13/h4-9,11H,3,10H2,1-2H3. The average Bonchev–Trinajstić information content (AvgIpc) is 2.43. The highest BCUT2D eigenvalue weighted by Gasteiger charge is 2.09. The highest BCUT2D eigenvalue weighted by molar-refractivity contribution is 8.00. The summed E-state index contributed by atoms with van der Waals surface area (Å²) in [4.78, 5) is 16.4. The van der Waals surface area contributed by atoms with Crippen LogP contribution in [0.2, 0.25) is 0 Å². The first kappa shape index (κ1) is 13.1. The topological polar surface area (TPSA) is 30.0 Å². The van der Waals surface area contributed by atoms with E-state index in [0.29, 0.717) is 16.6 Å². The summed E-state index contributed by atoms with van der Waals surface area (Å²) in [6.07, 6.45) is 2.77. The molecule has 0 amide bonds. The zero-order valence-corrected chi connectivity index (χ0v) is 11.5. The third kappa shape index (κ3) is 3.10. The van der Waals surface area contributed by atoms with E-state index in [1.165, 1.54) is 0 Å². The first-order valence-corrected chi connectivity index (χ1v) is 7.25. The molecule has 0 aliphatic carbocycles. The SMILES string of the molecule is CCC(C)SCC(=O)c1cnc2ccccc2c1. The van der Waals surface area contributed by atoms with Gasteiger partial charge in [0.1, 0.15) is 0 Å². The number of pyridine rings is 1. The zero-order valence-electron chi connectivity index (χ0n) is 10.7. The van der Waals surface area contributed by atoms with Crippen LogP contribution in [0.1, 0.15) is 30.6 Å². The van der Waals surface area contributed by atoms with Crippen molar-refractivity contribution in [2.24, 2.45) is 0 Å². The first-order valence-electron chi connectivity index (χ1n) is 6.20. The molecule has 2 rings (SSSR count). The van der Waals surface area contributed by atoms with Crippen LogP contribution in [0.15, 0.2) is 36.5 Å². The third-order valence-electron chi connectivity index (χ3n) is 2.99. The van der Waals surface area contributed by atoms with E-state index in [1.807, 2.05) is 30.3 Å². The number of aromatic nitrogens is 1. The minimum Gasteiger partial charge on any atom is -0.293 e. The van der Waals surface area contributed by atoms with E-state index in [1.54, 1.807) is 18.0 Å². The van der Waals surface area contributed by atoms with Gasteiger partial charge in [0.15, 0.2) is 5.78 Å². The van der Waals surface area contributed by atoms with Gasteiger partial charge < -0.3 is 0 Å². The predicted molar refractivity (Wildman–Crippen MR) is 78.3 cm³/mol. The molecule has 0 aliphatic heterocycles. The van der Waals surface area contributed by atoms with Gasteiger partial charge in [0, 0.05) is 22.4 Å². The van der Waals surface area contributed by atoms with Gasteiger partial charge in [0.2, 0.25) is 0 Å². The third-order valence-corrected chi connectivity index (χ3v) is 4.32. The maximum atomic E-state index is 12.0. The van der Waals surface area contributed by atoms with Gasteiger partial charge in [-0.1, -0.05) is 32.0 Å². The second kappa shape index (κ2) is 6.01. The fourth-order valence-corrected chi connectivity index (χ4v) is 2.48. The van der Waals surface area contributed by atoms with Crippen LogP contribution in [0.4, 0.5) is 0 Å². The summed E-state index contributed by atoms with van der Waals surface area (Å²) in [6.45, 7) is 4.29. The summed E-state index contributed by atoms with van der Waals surface area (Å²) in [6, 6.07) is 9.79. The monoisotopic (exact) mass is 259 g/mol. The molecular formula is C15H17NOS. The van der Waals surface area contributed by atoms with Crippen LogP contribution in [-0.4, -0.2) is 21.8 Å². The lowest BCUT2D eigenvalue weighted by Gasteiger charge is -2.07. The Bertz CT molecular complexity index is 553. The second-order valence-electron chi connectivity index (χ2n) is 4.37. The van der Waals surface area contributed by atoms with E-state index in [-0.39, 0.29) is 5.78 Å². The van der Waals surface area contributed by atoms with E-state index in [9.17, 15) is 4.79 Å². The van der Waals surface area contributed by atoms with Crippen molar-refractivity contribution < 1.29 is 4.79 Å². The molecule has 1 aromatic heterocycles. The molecule has 0 saturated heterocycles. The van der Waals surface area contributed by atoms with Crippen molar-refractivity contribution in [2.75, 3.05) is 5.75 Å². The van der Waals surface area contributed by atoms with Crippen molar-refractivity contribution in [3.8, 4) is 0 Å². The molecule has 0 aliphatic rings. The van der Waals surface area contributed by atoms with E-state index in [4.69, 9.17) is 0 Å². The molecule has 0 N–H and O–H groups in total. The molecule has 0 radical (unpaired) electrons. The number of benzene rings is 1. The van der Waals surface area contributed by atoms with Crippen LogP contribution in [0.3, 0.4) is 0 Å². The van der Waals surface area contributed by atoms with Crippen LogP contribution < -0.4 is 0 Å². The number of fused-ring (bicyclic) bond motifs is 1. The number of Topliss-reactive ketones (excluding diaryl/α,β-unsaturated/α-hetero) is 1. The maximum Gasteiger partial charge on any atom is 0.174 e. The molecular weight excluding hydrogens is 242 g/mol. The van der Waals surface area contributed by atoms with E-state index >= 15 is 0 Å². The summed E-state index contributed by atoms with van der Waals surface area (Å²) in [5, 5.41) is 1.55. The van der Waals surface area contributed by atoms with Crippen molar-refractivity contribution >= 4 is 28.4 Å². The van der Waals surface area contributed by atoms with Crippen LogP contribution in [-0.2, 0) is 0 Å². The lowest BCUT2D eigenvalue weighted by atomic mass is 10.1. The minimum absolute atomic E-state index is 0.165. The highest BCUT2D eigenvalue weighted by atomic mass is 32.2. The van der Waals surface area contributed by atoms with Crippen molar-refractivity contribution in [1.29, 1.82) is 0 Å². The number of carbonyl (C=O) groups excluding carboxylic acids is 1.